The molecule has 0 saturated heterocycles. The van der Waals surface area contributed by atoms with Crippen LogP contribution in [0.15, 0.2) is 48.5 Å². The largest absolute Gasteiger partial charge is 0.494 e. The highest BCUT2D eigenvalue weighted by Gasteiger charge is 2.09. The van der Waals surface area contributed by atoms with Gasteiger partial charge in [-0.15, -0.1) is 0 Å². The average Bonchev–Trinajstić information content (AvgIpc) is 2.67. The van der Waals surface area contributed by atoms with E-state index in [0.717, 1.165) is 31.7 Å². The van der Waals surface area contributed by atoms with Crippen molar-refractivity contribution < 1.29 is 4.74 Å². The number of unbranched alkanes of at least 4 members (excludes halogenated alkanes) is 4. The predicted octanol–water partition coefficient (Wildman–Crippen LogP) is 6.59. The molecule has 2 nitrogen and oxygen atoms in total. The van der Waals surface area contributed by atoms with E-state index in [-0.39, 0.29) is 0 Å². The molecule has 0 aliphatic heterocycles. The maximum atomic E-state index is 5.87. The first-order valence-electron chi connectivity index (χ1n) is 10.2. The van der Waals surface area contributed by atoms with Gasteiger partial charge < -0.3 is 10.1 Å². The molecule has 0 aliphatic carbocycles. The van der Waals surface area contributed by atoms with E-state index in [9.17, 15) is 0 Å². The van der Waals surface area contributed by atoms with Crippen molar-refractivity contribution in [1.29, 1.82) is 0 Å². The van der Waals surface area contributed by atoms with Crippen LogP contribution < -0.4 is 10.1 Å². The molecule has 0 bridgehead atoms. The van der Waals surface area contributed by atoms with Gasteiger partial charge in [0.15, 0.2) is 0 Å². The van der Waals surface area contributed by atoms with Gasteiger partial charge in [-0.1, -0.05) is 81.5 Å². The first-order valence-corrected chi connectivity index (χ1v) is 10.2. The first-order chi connectivity index (χ1) is 12.7. The molecule has 2 heteroatoms. The smallest absolute Gasteiger partial charge is 0.119 e. The quantitative estimate of drug-likeness (QED) is 0.435. The lowest BCUT2D eigenvalue weighted by Crippen LogP contribution is -2.20. The minimum absolute atomic E-state index is 0.374. The molecule has 0 spiro atoms. The highest BCUT2D eigenvalue weighted by atomic mass is 16.5. The van der Waals surface area contributed by atoms with Gasteiger partial charge >= 0.3 is 0 Å². The second kappa shape index (κ2) is 11.7. The maximum absolute atomic E-state index is 5.87. The van der Waals surface area contributed by atoms with Gasteiger partial charge in [-0.2, -0.15) is 0 Å². The van der Waals surface area contributed by atoms with Crippen LogP contribution in [0.3, 0.4) is 0 Å². The molecule has 0 aromatic heterocycles. The van der Waals surface area contributed by atoms with Gasteiger partial charge in [0.1, 0.15) is 5.75 Å². The molecule has 2 aromatic rings. The van der Waals surface area contributed by atoms with Crippen LogP contribution in [0, 0.1) is 6.92 Å². The predicted molar refractivity (Wildman–Crippen MR) is 112 cm³/mol. The third-order valence-electron chi connectivity index (χ3n) is 4.88. The van der Waals surface area contributed by atoms with Crippen molar-refractivity contribution in [1.82, 2.24) is 5.32 Å². The third kappa shape index (κ3) is 7.21. The summed E-state index contributed by atoms with van der Waals surface area (Å²) in [6, 6.07) is 17.7. The second-order valence-corrected chi connectivity index (χ2v) is 7.16. The summed E-state index contributed by atoms with van der Waals surface area (Å²) in [7, 11) is 0. The lowest BCUT2D eigenvalue weighted by atomic mass is 10.0. The topological polar surface area (TPSA) is 21.3 Å². The Morgan fingerprint density at radius 3 is 2.19 bits per heavy atom. The average molecular weight is 354 g/mol. The highest BCUT2D eigenvalue weighted by molar-refractivity contribution is 5.29. The maximum Gasteiger partial charge on any atom is 0.119 e. The first kappa shape index (κ1) is 20.5. The van der Waals surface area contributed by atoms with Gasteiger partial charge in [0, 0.05) is 12.6 Å². The number of ether oxygens (including phenoxy) is 1. The molecular formula is C24H35NO. The molecule has 2 aromatic carbocycles. The van der Waals surface area contributed by atoms with E-state index in [2.05, 4.69) is 74.6 Å². The number of aryl methyl sites for hydroxylation is 1. The lowest BCUT2D eigenvalue weighted by molar-refractivity contribution is 0.304. The third-order valence-corrected chi connectivity index (χ3v) is 4.88. The molecule has 0 amide bonds. The summed E-state index contributed by atoms with van der Waals surface area (Å²) >= 11 is 0. The Morgan fingerprint density at radius 1 is 0.846 bits per heavy atom. The zero-order chi connectivity index (χ0) is 18.6. The van der Waals surface area contributed by atoms with E-state index >= 15 is 0 Å². The van der Waals surface area contributed by atoms with E-state index < -0.39 is 0 Å². The summed E-state index contributed by atoms with van der Waals surface area (Å²) in [4.78, 5) is 0. The highest BCUT2D eigenvalue weighted by Crippen LogP contribution is 2.21. The van der Waals surface area contributed by atoms with Crippen molar-refractivity contribution in [2.24, 2.45) is 0 Å². The summed E-state index contributed by atoms with van der Waals surface area (Å²) in [5, 5.41) is 3.67. The molecule has 0 fully saturated rings. The number of benzene rings is 2. The molecule has 1 N–H and O–H groups in total. The van der Waals surface area contributed by atoms with Crippen LogP contribution >= 0.6 is 0 Å². The Labute approximate surface area is 160 Å². The molecule has 1 unspecified atom stereocenters. The van der Waals surface area contributed by atoms with Gasteiger partial charge in [-0.05, 0) is 43.0 Å². The van der Waals surface area contributed by atoms with E-state index in [1.807, 2.05) is 0 Å². The lowest BCUT2D eigenvalue weighted by Gasteiger charge is -2.18. The van der Waals surface area contributed by atoms with Crippen molar-refractivity contribution in [2.45, 2.75) is 71.9 Å². The van der Waals surface area contributed by atoms with Gasteiger partial charge in [0.05, 0.1) is 6.61 Å². The molecule has 0 saturated carbocycles. The summed E-state index contributed by atoms with van der Waals surface area (Å²) in [5.74, 6) is 0.984. The van der Waals surface area contributed by atoms with E-state index in [4.69, 9.17) is 4.74 Å². The monoisotopic (exact) mass is 353 g/mol. The van der Waals surface area contributed by atoms with Crippen molar-refractivity contribution >= 4 is 0 Å². The van der Waals surface area contributed by atoms with Crippen LogP contribution in [-0.2, 0) is 6.54 Å². The number of rotatable bonds is 12. The van der Waals surface area contributed by atoms with Crippen LogP contribution in [0.5, 0.6) is 5.75 Å². The van der Waals surface area contributed by atoms with Crippen LogP contribution in [0.2, 0.25) is 0 Å². The number of hydrogen-bond acceptors (Lipinski definition) is 2. The fraction of sp³-hybridized carbons (Fsp3) is 0.500. The number of nitrogens with one attached hydrogen (secondary N) is 1. The zero-order valence-electron chi connectivity index (χ0n) is 16.8. The van der Waals surface area contributed by atoms with Gasteiger partial charge in [-0.25, -0.2) is 0 Å². The SMILES string of the molecule is CCCCCCCOc1ccc(C(CC)NCc2ccc(C)cc2)cc1. The van der Waals surface area contributed by atoms with Crippen molar-refractivity contribution in [3.05, 3.63) is 65.2 Å². The second-order valence-electron chi connectivity index (χ2n) is 7.16. The summed E-state index contributed by atoms with van der Waals surface area (Å²) in [6.45, 7) is 8.33. The fourth-order valence-corrected chi connectivity index (χ4v) is 3.14. The van der Waals surface area contributed by atoms with E-state index in [0.29, 0.717) is 6.04 Å². The molecule has 1 atom stereocenters. The number of hydrogen-bond donors (Lipinski definition) is 1. The minimum atomic E-state index is 0.374. The standard InChI is InChI=1S/C24H35NO/c1-4-6-7-8-9-18-26-23-16-14-22(15-17-23)24(5-2)25-19-21-12-10-20(3)11-13-21/h10-17,24-25H,4-9,18-19H2,1-3H3. The molecule has 26 heavy (non-hydrogen) atoms. The molecular weight excluding hydrogens is 318 g/mol. The van der Waals surface area contributed by atoms with Gasteiger partial charge in [0.2, 0.25) is 0 Å². The Balaban J connectivity index is 1.78. The van der Waals surface area contributed by atoms with Crippen molar-refractivity contribution in [3.8, 4) is 5.75 Å². The van der Waals surface area contributed by atoms with E-state index in [1.54, 1.807) is 0 Å². The summed E-state index contributed by atoms with van der Waals surface area (Å²) in [6.07, 6.45) is 7.44. The Kier molecular flexibility index (Phi) is 9.27. The van der Waals surface area contributed by atoms with Crippen molar-refractivity contribution in [2.75, 3.05) is 6.61 Å². The summed E-state index contributed by atoms with van der Waals surface area (Å²) in [5.41, 5.74) is 3.97. The van der Waals surface area contributed by atoms with Crippen LogP contribution in [0.25, 0.3) is 0 Å². The van der Waals surface area contributed by atoms with Gasteiger partial charge in [0.25, 0.3) is 0 Å². The van der Waals surface area contributed by atoms with Crippen LogP contribution in [0.1, 0.15) is 75.1 Å². The molecule has 0 radical (unpaired) electrons. The van der Waals surface area contributed by atoms with Crippen molar-refractivity contribution in [3.63, 3.8) is 0 Å². The Morgan fingerprint density at radius 2 is 1.54 bits per heavy atom. The summed E-state index contributed by atoms with van der Waals surface area (Å²) < 4.78 is 5.87. The normalized spacial score (nSPS) is 12.1. The molecule has 142 valence electrons. The molecule has 0 heterocycles. The van der Waals surface area contributed by atoms with Crippen LogP contribution in [-0.4, -0.2) is 6.61 Å². The fourth-order valence-electron chi connectivity index (χ4n) is 3.14. The van der Waals surface area contributed by atoms with Gasteiger partial charge in [-0.3, -0.25) is 0 Å². The Bertz CT molecular complexity index is 603. The molecule has 2 rings (SSSR count). The minimum Gasteiger partial charge on any atom is -0.494 e. The van der Waals surface area contributed by atoms with Crippen LogP contribution in [0.4, 0.5) is 0 Å². The zero-order valence-corrected chi connectivity index (χ0v) is 16.8. The van der Waals surface area contributed by atoms with E-state index in [1.165, 1.54) is 42.4 Å². The molecule has 0 aliphatic rings. The Hall–Kier alpha value is -1.80.